The van der Waals surface area contributed by atoms with E-state index in [4.69, 9.17) is 23.2 Å². The number of Topliss-reactive ketones (excluding diaryl/α,β-unsaturated/α-hetero) is 1. The maximum absolute atomic E-state index is 12.9. The van der Waals surface area contributed by atoms with Crippen LogP contribution in [0.3, 0.4) is 0 Å². The summed E-state index contributed by atoms with van der Waals surface area (Å²) in [7, 11) is 0. The summed E-state index contributed by atoms with van der Waals surface area (Å²) in [6.45, 7) is 0. The van der Waals surface area contributed by atoms with Gasteiger partial charge in [-0.3, -0.25) is 4.79 Å². The van der Waals surface area contributed by atoms with Gasteiger partial charge in [-0.15, -0.1) is 11.6 Å². The Morgan fingerprint density at radius 2 is 2.17 bits per heavy atom. The Morgan fingerprint density at radius 1 is 1.50 bits per heavy atom. The molecule has 0 aliphatic carbocycles. The van der Waals surface area contributed by atoms with E-state index < -0.39 is 11.6 Å². The maximum atomic E-state index is 12.9. The van der Waals surface area contributed by atoms with Crippen LogP contribution in [0, 0.1) is 5.82 Å². The van der Waals surface area contributed by atoms with Gasteiger partial charge in [0.15, 0.2) is 5.78 Å². The number of benzene rings is 1. The van der Waals surface area contributed by atoms with E-state index in [1.165, 1.54) is 18.2 Å². The third-order valence-corrected chi connectivity index (χ3v) is 1.92. The van der Waals surface area contributed by atoms with Crippen LogP contribution in [-0.4, -0.2) is 11.7 Å². The molecule has 1 rings (SSSR count). The SMILES string of the molecule is O=C(CCl)c1c(F)cccc1Cl. The molecule has 0 aliphatic rings. The van der Waals surface area contributed by atoms with Crippen molar-refractivity contribution in [2.24, 2.45) is 0 Å². The monoisotopic (exact) mass is 206 g/mol. The molecule has 0 bridgehead atoms. The van der Waals surface area contributed by atoms with Gasteiger partial charge in [-0.05, 0) is 12.1 Å². The van der Waals surface area contributed by atoms with Gasteiger partial charge in [-0.25, -0.2) is 4.39 Å². The third-order valence-electron chi connectivity index (χ3n) is 1.36. The van der Waals surface area contributed by atoms with Crippen molar-refractivity contribution in [1.82, 2.24) is 0 Å². The van der Waals surface area contributed by atoms with Crippen LogP contribution in [0.4, 0.5) is 4.39 Å². The highest BCUT2D eigenvalue weighted by Crippen LogP contribution is 2.19. The molecule has 4 heteroatoms. The molecular formula is C8H5Cl2FO. The fourth-order valence-corrected chi connectivity index (χ4v) is 1.23. The number of rotatable bonds is 2. The first-order valence-corrected chi connectivity index (χ1v) is 4.11. The molecule has 0 heterocycles. The number of hydrogen-bond acceptors (Lipinski definition) is 1. The lowest BCUT2D eigenvalue weighted by Crippen LogP contribution is -2.04. The van der Waals surface area contributed by atoms with Crippen LogP contribution in [0.5, 0.6) is 0 Å². The van der Waals surface area contributed by atoms with Crippen LogP contribution in [0.1, 0.15) is 10.4 Å². The molecule has 1 aromatic rings. The van der Waals surface area contributed by atoms with Gasteiger partial charge in [-0.2, -0.15) is 0 Å². The maximum Gasteiger partial charge on any atom is 0.182 e. The molecule has 12 heavy (non-hydrogen) atoms. The largest absolute Gasteiger partial charge is 0.293 e. The minimum absolute atomic E-state index is 0.0978. The first kappa shape index (κ1) is 9.49. The fourth-order valence-electron chi connectivity index (χ4n) is 0.831. The number of alkyl halides is 1. The Labute approximate surface area is 79.1 Å². The van der Waals surface area contributed by atoms with Crippen molar-refractivity contribution in [2.45, 2.75) is 0 Å². The molecule has 0 aromatic heterocycles. The second-order valence-corrected chi connectivity index (χ2v) is 2.83. The molecule has 0 saturated carbocycles. The molecule has 0 unspecified atom stereocenters. The molecule has 0 spiro atoms. The van der Waals surface area contributed by atoms with Crippen molar-refractivity contribution >= 4 is 29.0 Å². The molecule has 0 saturated heterocycles. The molecular weight excluding hydrogens is 202 g/mol. The van der Waals surface area contributed by atoms with Gasteiger partial charge in [0.1, 0.15) is 5.82 Å². The molecule has 1 aromatic carbocycles. The predicted molar refractivity (Wildman–Crippen MR) is 46.5 cm³/mol. The summed E-state index contributed by atoms with van der Waals surface area (Å²) in [5, 5.41) is 0.0978. The molecule has 0 aliphatic heterocycles. The van der Waals surface area contributed by atoms with E-state index in [0.717, 1.165) is 0 Å². The lowest BCUT2D eigenvalue weighted by Gasteiger charge is -2.00. The fraction of sp³-hybridized carbons (Fsp3) is 0.125. The van der Waals surface area contributed by atoms with Crippen molar-refractivity contribution in [2.75, 3.05) is 5.88 Å². The summed E-state index contributed by atoms with van der Waals surface area (Å²) in [6, 6.07) is 4.05. The van der Waals surface area contributed by atoms with Gasteiger partial charge in [0.05, 0.1) is 16.5 Å². The molecule has 64 valence electrons. The number of carbonyl (C=O) groups is 1. The zero-order valence-corrected chi connectivity index (χ0v) is 7.49. The molecule has 0 amide bonds. The molecule has 0 atom stereocenters. The van der Waals surface area contributed by atoms with Crippen molar-refractivity contribution in [3.05, 3.63) is 34.6 Å². The first-order chi connectivity index (χ1) is 5.66. The second kappa shape index (κ2) is 3.87. The van der Waals surface area contributed by atoms with Gasteiger partial charge in [0.2, 0.25) is 0 Å². The number of halogens is 3. The minimum Gasteiger partial charge on any atom is -0.293 e. The van der Waals surface area contributed by atoms with Crippen molar-refractivity contribution < 1.29 is 9.18 Å². The van der Waals surface area contributed by atoms with Crippen LogP contribution in [0.15, 0.2) is 18.2 Å². The Balaban J connectivity index is 3.21. The van der Waals surface area contributed by atoms with Crippen LogP contribution < -0.4 is 0 Å². The van der Waals surface area contributed by atoms with E-state index in [9.17, 15) is 9.18 Å². The smallest absolute Gasteiger partial charge is 0.182 e. The summed E-state index contributed by atoms with van der Waals surface area (Å²) >= 11 is 10.8. The number of hydrogen-bond donors (Lipinski definition) is 0. The first-order valence-electron chi connectivity index (χ1n) is 3.20. The number of carbonyl (C=O) groups excluding carboxylic acids is 1. The Hall–Kier alpha value is -0.600. The van der Waals surface area contributed by atoms with Gasteiger partial charge < -0.3 is 0 Å². The summed E-state index contributed by atoms with van der Waals surface area (Å²) in [6.07, 6.45) is 0. The quantitative estimate of drug-likeness (QED) is 0.538. The molecule has 0 N–H and O–H groups in total. The highest BCUT2D eigenvalue weighted by Gasteiger charge is 2.13. The van der Waals surface area contributed by atoms with Crippen LogP contribution in [-0.2, 0) is 0 Å². The van der Waals surface area contributed by atoms with Crippen molar-refractivity contribution in [3.8, 4) is 0 Å². The predicted octanol–water partition coefficient (Wildman–Crippen LogP) is 2.90. The zero-order valence-electron chi connectivity index (χ0n) is 5.98. The Kier molecular flexibility index (Phi) is 3.06. The lowest BCUT2D eigenvalue weighted by molar-refractivity contribution is 0.101. The summed E-state index contributed by atoms with van der Waals surface area (Å²) in [5.41, 5.74) is -0.130. The van der Waals surface area contributed by atoms with E-state index in [-0.39, 0.29) is 16.5 Å². The van der Waals surface area contributed by atoms with E-state index in [2.05, 4.69) is 0 Å². The van der Waals surface area contributed by atoms with Crippen molar-refractivity contribution in [1.29, 1.82) is 0 Å². The molecule has 0 radical (unpaired) electrons. The van der Waals surface area contributed by atoms with Gasteiger partial charge in [0, 0.05) is 0 Å². The van der Waals surface area contributed by atoms with E-state index in [1.54, 1.807) is 0 Å². The second-order valence-electron chi connectivity index (χ2n) is 2.15. The summed E-state index contributed by atoms with van der Waals surface area (Å²) in [4.78, 5) is 11.0. The van der Waals surface area contributed by atoms with Gasteiger partial charge >= 0.3 is 0 Å². The zero-order chi connectivity index (χ0) is 9.14. The van der Waals surface area contributed by atoms with E-state index >= 15 is 0 Å². The van der Waals surface area contributed by atoms with Gasteiger partial charge in [-0.1, -0.05) is 17.7 Å². The highest BCUT2D eigenvalue weighted by atomic mass is 35.5. The standard InChI is InChI=1S/C8H5Cl2FO/c9-4-7(12)8-5(10)2-1-3-6(8)11/h1-3H,4H2. The normalized spacial score (nSPS) is 9.92. The van der Waals surface area contributed by atoms with Crippen LogP contribution in [0.2, 0.25) is 5.02 Å². The van der Waals surface area contributed by atoms with E-state index in [0.29, 0.717) is 0 Å². The Morgan fingerprint density at radius 3 is 2.67 bits per heavy atom. The average Bonchev–Trinajstić information content (AvgIpc) is 2.03. The van der Waals surface area contributed by atoms with Crippen molar-refractivity contribution in [3.63, 3.8) is 0 Å². The van der Waals surface area contributed by atoms with Crippen LogP contribution in [0.25, 0.3) is 0 Å². The minimum atomic E-state index is -0.631. The average molecular weight is 207 g/mol. The summed E-state index contributed by atoms with van der Waals surface area (Å²) < 4.78 is 12.9. The topological polar surface area (TPSA) is 17.1 Å². The number of ketones is 1. The Bertz CT molecular complexity index is 292. The summed E-state index contributed by atoms with van der Waals surface area (Å²) in [5.74, 6) is -1.39. The third kappa shape index (κ3) is 1.76. The lowest BCUT2D eigenvalue weighted by atomic mass is 10.1. The molecule has 0 fully saturated rings. The molecule has 1 nitrogen and oxygen atoms in total. The highest BCUT2D eigenvalue weighted by molar-refractivity contribution is 6.37. The van der Waals surface area contributed by atoms with Gasteiger partial charge in [0.25, 0.3) is 0 Å². The van der Waals surface area contributed by atoms with Crippen LogP contribution >= 0.6 is 23.2 Å². The van der Waals surface area contributed by atoms with E-state index in [1.807, 2.05) is 0 Å².